The first-order valence-electron chi connectivity index (χ1n) is 5.58. The summed E-state index contributed by atoms with van der Waals surface area (Å²) in [5, 5.41) is 0. The lowest BCUT2D eigenvalue weighted by Crippen LogP contribution is -2.46. The summed E-state index contributed by atoms with van der Waals surface area (Å²) in [6, 6.07) is 1.81. The van der Waals surface area contributed by atoms with Crippen LogP contribution < -0.4 is 0 Å². The van der Waals surface area contributed by atoms with Gasteiger partial charge in [0.25, 0.3) is 0 Å². The number of amides is 1. The number of aryl methyl sites for hydroxylation is 1. The van der Waals surface area contributed by atoms with Gasteiger partial charge in [-0.15, -0.1) is 11.3 Å². The highest BCUT2D eigenvalue weighted by molar-refractivity contribution is 7.12. The fraction of sp³-hybridized carbons (Fsp3) is 0.500. The van der Waals surface area contributed by atoms with Gasteiger partial charge in [0.15, 0.2) is 5.78 Å². The van der Waals surface area contributed by atoms with Crippen LogP contribution in [0.1, 0.15) is 34.2 Å². The normalized spacial score (nSPS) is 24.3. The number of nitrogens with zero attached hydrogens (tertiary/aromatic N) is 1. The van der Waals surface area contributed by atoms with Gasteiger partial charge in [-0.3, -0.25) is 9.59 Å². The SMILES string of the molecule is Cc1cc2c(s1)CCN1C(=O)CCC(=O)C21. The van der Waals surface area contributed by atoms with Gasteiger partial charge < -0.3 is 4.90 Å². The Bertz CT molecular complexity index is 477. The molecule has 16 heavy (non-hydrogen) atoms. The molecule has 4 heteroatoms. The van der Waals surface area contributed by atoms with Crippen molar-refractivity contribution in [2.75, 3.05) is 6.54 Å². The second kappa shape index (κ2) is 3.42. The number of carbonyl (C=O) groups excluding carboxylic acids is 2. The Labute approximate surface area is 98.1 Å². The molecule has 0 aromatic carbocycles. The number of ketones is 1. The molecule has 0 radical (unpaired) electrons. The number of fused-ring (bicyclic) bond motifs is 3. The van der Waals surface area contributed by atoms with Crippen LogP contribution in [-0.2, 0) is 16.0 Å². The Morgan fingerprint density at radius 1 is 1.31 bits per heavy atom. The van der Waals surface area contributed by atoms with Crippen molar-refractivity contribution in [1.82, 2.24) is 4.90 Å². The molecule has 0 aliphatic carbocycles. The number of thiophene rings is 1. The van der Waals surface area contributed by atoms with E-state index in [-0.39, 0.29) is 17.7 Å². The zero-order chi connectivity index (χ0) is 11.3. The average Bonchev–Trinajstić information content (AvgIpc) is 2.63. The van der Waals surface area contributed by atoms with Crippen LogP contribution in [0.2, 0.25) is 0 Å². The lowest BCUT2D eigenvalue weighted by atomic mass is 9.90. The minimum atomic E-state index is -0.269. The topological polar surface area (TPSA) is 37.4 Å². The maximum atomic E-state index is 12.0. The molecule has 1 saturated heterocycles. The van der Waals surface area contributed by atoms with E-state index in [0.717, 1.165) is 12.0 Å². The third kappa shape index (κ3) is 1.33. The van der Waals surface area contributed by atoms with E-state index in [2.05, 4.69) is 13.0 Å². The Hall–Kier alpha value is -1.16. The van der Waals surface area contributed by atoms with Crippen molar-refractivity contribution >= 4 is 23.0 Å². The van der Waals surface area contributed by atoms with Gasteiger partial charge in [-0.05, 0) is 25.0 Å². The molecule has 3 nitrogen and oxygen atoms in total. The quantitative estimate of drug-likeness (QED) is 0.688. The van der Waals surface area contributed by atoms with E-state index in [1.54, 1.807) is 16.2 Å². The van der Waals surface area contributed by atoms with Gasteiger partial charge in [0, 0.05) is 29.1 Å². The second-order valence-electron chi connectivity index (χ2n) is 4.44. The molecule has 0 spiro atoms. The van der Waals surface area contributed by atoms with Gasteiger partial charge in [-0.2, -0.15) is 0 Å². The first kappa shape index (κ1) is 10.0. The van der Waals surface area contributed by atoms with Crippen LogP contribution in [0.4, 0.5) is 0 Å². The smallest absolute Gasteiger partial charge is 0.223 e. The standard InChI is InChI=1S/C12H13NO2S/c1-7-6-8-10(16-7)4-5-13-11(15)3-2-9(14)12(8)13/h6,12H,2-5H2,1H3. The van der Waals surface area contributed by atoms with E-state index in [0.29, 0.717) is 19.4 Å². The van der Waals surface area contributed by atoms with Crippen LogP contribution in [0.5, 0.6) is 0 Å². The summed E-state index contributed by atoms with van der Waals surface area (Å²) in [5.41, 5.74) is 1.09. The third-order valence-corrected chi connectivity index (χ3v) is 4.49. The van der Waals surface area contributed by atoms with Crippen molar-refractivity contribution < 1.29 is 9.59 Å². The molecule has 3 heterocycles. The molecule has 1 aromatic rings. The van der Waals surface area contributed by atoms with Crippen molar-refractivity contribution in [2.45, 2.75) is 32.2 Å². The third-order valence-electron chi connectivity index (χ3n) is 3.36. The van der Waals surface area contributed by atoms with Crippen LogP contribution >= 0.6 is 11.3 Å². The van der Waals surface area contributed by atoms with Gasteiger partial charge in [-0.1, -0.05) is 0 Å². The van der Waals surface area contributed by atoms with Crippen LogP contribution in [0.15, 0.2) is 6.07 Å². The minimum absolute atomic E-state index is 0.138. The summed E-state index contributed by atoms with van der Waals surface area (Å²) in [6.07, 6.45) is 1.71. The second-order valence-corrected chi connectivity index (χ2v) is 5.78. The molecule has 84 valence electrons. The molecule has 1 unspecified atom stereocenters. The first-order valence-corrected chi connectivity index (χ1v) is 6.40. The van der Waals surface area contributed by atoms with E-state index in [1.165, 1.54) is 9.75 Å². The summed E-state index contributed by atoms with van der Waals surface area (Å²) in [7, 11) is 0. The van der Waals surface area contributed by atoms with Crippen LogP contribution in [0, 0.1) is 6.92 Å². The number of rotatable bonds is 0. The van der Waals surface area contributed by atoms with E-state index in [9.17, 15) is 9.59 Å². The molecule has 3 rings (SSSR count). The predicted octanol–water partition coefficient (Wildman–Crippen LogP) is 1.85. The first-order chi connectivity index (χ1) is 7.66. The molecule has 2 aliphatic rings. The summed E-state index contributed by atoms with van der Waals surface area (Å²) in [4.78, 5) is 28.0. The average molecular weight is 235 g/mol. The van der Waals surface area contributed by atoms with Gasteiger partial charge >= 0.3 is 0 Å². The molecule has 0 saturated carbocycles. The van der Waals surface area contributed by atoms with Crippen LogP contribution in [-0.4, -0.2) is 23.1 Å². The molecule has 0 bridgehead atoms. The Balaban J connectivity index is 2.09. The molecular weight excluding hydrogens is 222 g/mol. The highest BCUT2D eigenvalue weighted by atomic mass is 32.1. The molecule has 1 aromatic heterocycles. The van der Waals surface area contributed by atoms with Crippen molar-refractivity contribution in [3.8, 4) is 0 Å². The molecule has 1 fully saturated rings. The van der Waals surface area contributed by atoms with E-state index < -0.39 is 0 Å². The Morgan fingerprint density at radius 3 is 2.94 bits per heavy atom. The molecule has 0 N–H and O–H groups in total. The molecular formula is C12H13NO2S. The number of hydrogen-bond acceptors (Lipinski definition) is 3. The van der Waals surface area contributed by atoms with Crippen LogP contribution in [0.25, 0.3) is 0 Å². The fourth-order valence-electron chi connectivity index (χ4n) is 2.65. The van der Waals surface area contributed by atoms with Crippen molar-refractivity contribution in [3.63, 3.8) is 0 Å². The molecule has 1 amide bonds. The zero-order valence-electron chi connectivity index (χ0n) is 9.16. The number of carbonyl (C=O) groups is 2. The minimum Gasteiger partial charge on any atom is -0.328 e. The van der Waals surface area contributed by atoms with Crippen LogP contribution in [0.3, 0.4) is 0 Å². The Morgan fingerprint density at radius 2 is 2.12 bits per heavy atom. The highest BCUT2D eigenvalue weighted by Gasteiger charge is 2.39. The summed E-state index contributed by atoms with van der Waals surface area (Å²) in [6.45, 7) is 2.77. The lowest BCUT2D eigenvalue weighted by Gasteiger charge is -2.37. The Kier molecular flexibility index (Phi) is 2.14. The molecule has 2 aliphatic heterocycles. The van der Waals surface area contributed by atoms with Gasteiger partial charge in [0.05, 0.1) is 0 Å². The monoisotopic (exact) mass is 235 g/mol. The van der Waals surface area contributed by atoms with E-state index >= 15 is 0 Å². The predicted molar refractivity (Wildman–Crippen MR) is 61.5 cm³/mol. The van der Waals surface area contributed by atoms with Gasteiger partial charge in [-0.25, -0.2) is 0 Å². The molecule has 1 atom stereocenters. The fourth-order valence-corrected chi connectivity index (χ4v) is 3.71. The summed E-state index contributed by atoms with van der Waals surface area (Å²) in [5.74, 6) is 0.345. The van der Waals surface area contributed by atoms with Gasteiger partial charge in [0.2, 0.25) is 5.91 Å². The maximum Gasteiger partial charge on any atom is 0.223 e. The van der Waals surface area contributed by atoms with E-state index in [4.69, 9.17) is 0 Å². The number of hydrogen-bond donors (Lipinski definition) is 0. The largest absolute Gasteiger partial charge is 0.328 e. The number of Topliss-reactive ketones (excluding diaryl/α,β-unsaturated/α-hetero) is 1. The zero-order valence-corrected chi connectivity index (χ0v) is 9.97. The maximum absolute atomic E-state index is 12.0. The van der Waals surface area contributed by atoms with E-state index in [1.807, 2.05) is 0 Å². The van der Waals surface area contributed by atoms with Gasteiger partial charge in [0.1, 0.15) is 6.04 Å². The van der Waals surface area contributed by atoms with Crippen molar-refractivity contribution in [2.24, 2.45) is 0 Å². The summed E-state index contributed by atoms with van der Waals surface area (Å²) >= 11 is 1.76. The van der Waals surface area contributed by atoms with Crippen molar-refractivity contribution in [1.29, 1.82) is 0 Å². The summed E-state index contributed by atoms with van der Waals surface area (Å²) < 4.78 is 0. The highest BCUT2D eigenvalue weighted by Crippen LogP contribution is 2.38. The van der Waals surface area contributed by atoms with Crippen molar-refractivity contribution in [3.05, 3.63) is 21.4 Å². The number of piperidine rings is 1. The lowest BCUT2D eigenvalue weighted by molar-refractivity contribution is -0.145.